The van der Waals surface area contributed by atoms with Crippen LogP contribution in [0.25, 0.3) is 5.69 Å². The van der Waals surface area contributed by atoms with Crippen molar-refractivity contribution in [2.75, 3.05) is 6.26 Å². The second-order valence-electron chi connectivity index (χ2n) is 4.14. The Hall–Kier alpha value is -1.56. The number of hydrogen-bond acceptors (Lipinski definition) is 3. The molecular weight excluding hydrogens is 362 g/mol. The highest BCUT2D eigenvalue weighted by molar-refractivity contribution is 7.84. The predicted molar refractivity (Wildman–Crippen MR) is 75.6 cm³/mol. The fourth-order valence-electron chi connectivity index (χ4n) is 1.71. The second kappa shape index (κ2) is 5.91. The Morgan fingerprint density at radius 3 is 2.23 bits per heavy atom. The minimum Gasteiger partial charge on any atom is -0.253 e. The minimum absolute atomic E-state index is 0.00506. The summed E-state index contributed by atoms with van der Waals surface area (Å²) in [5.74, 6) is 0. The fourth-order valence-corrected chi connectivity index (χ4v) is 2.98. The van der Waals surface area contributed by atoms with Crippen LogP contribution < -0.4 is 0 Å². The number of rotatable bonds is 2. The second-order valence-corrected chi connectivity index (χ2v) is 6.25. The van der Waals surface area contributed by atoms with Gasteiger partial charge in [0.2, 0.25) is 0 Å². The molecule has 0 saturated heterocycles. The van der Waals surface area contributed by atoms with Gasteiger partial charge >= 0.3 is 6.18 Å². The van der Waals surface area contributed by atoms with Crippen LogP contribution in [0, 0.1) is 11.3 Å². The Morgan fingerprint density at radius 1 is 1.32 bits per heavy atom. The molecule has 116 valence electrons. The number of benzene rings is 1. The van der Waals surface area contributed by atoms with Crippen LogP contribution in [0.1, 0.15) is 11.1 Å². The van der Waals surface area contributed by atoms with E-state index < -0.39 is 22.5 Å². The van der Waals surface area contributed by atoms with Crippen LogP contribution in [-0.2, 0) is 17.0 Å². The molecule has 0 bridgehead atoms. The van der Waals surface area contributed by atoms with Gasteiger partial charge in [-0.15, -0.1) is 0 Å². The van der Waals surface area contributed by atoms with Crippen molar-refractivity contribution in [3.8, 4) is 11.8 Å². The normalized spacial score (nSPS) is 13.0. The van der Waals surface area contributed by atoms with Crippen molar-refractivity contribution in [2.24, 2.45) is 0 Å². The van der Waals surface area contributed by atoms with Gasteiger partial charge in [-0.2, -0.15) is 23.5 Å². The van der Waals surface area contributed by atoms with Gasteiger partial charge in [-0.05, 0) is 12.1 Å². The lowest BCUT2D eigenvalue weighted by molar-refractivity contribution is -0.137. The smallest absolute Gasteiger partial charge is 0.253 e. The maximum Gasteiger partial charge on any atom is 0.416 e. The van der Waals surface area contributed by atoms with Crippen molar-refractivity contribution < 1.29 is 17.4 Å². The van der Waals surface area contributed by atoms with Crippen molar-refractivity contribution in [2.45, 2.75) is 11.2 Å². The first-order valence-electron chi connectivity index (χ1n) is 5.55. The number of nitriles is 1. The molecule has 0 aliphatic rings. The zero-order chi connectivity index (χ0) is 16.7. The van der Waals surface area contributed by atoms with E-state index in [0.29, 0.717) is 12.1 Å². The van der Waals surface area contributed by atoms with Gasteiger partial charge < -0.3 is 0 Å². The molecule has 0 saturated carbocycles. The van der Waals surface area contributed by atoms with Gasteiger partial charge in [-0.3, -0.25) is 4.21 Å². The first-order chi connectivity index (χ1) is 10.1. The largest absolute Gasteiger partial charge is 0.416 e. The molecule has 2 rings (SSSR count). The Kier molecular flexibility index (Phi) is 4.52. The van der Waals surface area contributed by atoms with Crippen molar-refractivity contribution in [1.82, 2.24) is 9.78 Å². The highest BCUT2D eigenvalue weighted by atomic mass is 35.5. The summed E-state index contributed by atoms with van der Waals surface area (Å²) in [6.45, 7) is 0. The van der Waals surface area contributed by atoms with Crippen LogP contribution >= 0.6 is 23.2 Å². The molecule has 0 N–H and O–H groups in total. The first-order valence-corrected chi connectivity index (χ1v) is 7.86. The van der Waals surface area contributed by atoms with Gasteiger partial charge in [0.25, 0.3) is 0 Å². The molecule has 0 radical (unpaired) electrons. The van der Waals surface area contributed by atoms with E-state index in [9.17, 15) is 17.4 Å². The van der Waals surface area contributed by atoms with Crippen LogP contribution in [0.4, 0.5) is 13.2 Å². The van der Waals surface area contributed by atoms with Crippen molar-refractivity contribution >= 4 is 34.0 Å². The average molecular weight is 368 g/mol. The van der Waals surface area contributed by atoms with E-state index >= 15 is 0 Å². The molecule has 0 aliphatic heterocycles. The van der Waals surface area contributed by atoms with Gasteiger partial charge in [0.15, 0.2) is 5.03 Å². The summed E-state index contributed by atoms with van der Waals surface area (Å²) in [6.07, 6.45) is -2.07. The van der Waals surface area contributed by atoms with E-state index in [2.05, 4.69) is 5.10 Å². The van der Waals surface area contributed by atoms with Crippen LogP contribution in [-0.4, -0.2) is 20.2 Å². The van der Waals surface area contributed by atoms with Gasteiger partial charge in [0.1, 0.15) is 17.3 Å². The Bertz CT molecular complexity index is 788. The lowest BCUT2D eigenvalue weighted by Gasteiger charge is -2.12. The van der Waals surface area contributed by atoms with E-state index in [4.69, 9.17) is 28.5 Å². The molecule has 0 spiro atoms. The monoisotopic (exact) mass is 367 g/mol. The highest BCUT2D eigenvalue weighted by Gasteiger charge is 2.32. The number of aromatic nitrogens is 2. The molecule has 1 heterocycles. The Morgan fingerprint density at radius 2 is 1.86 bits per heavy atom. The third-order valence-electron chi connectivity index (χ3n) is 2.65. The summed E-state index contributed by atoms with van der Waals surface area (Å²) in [6, 6.07) is 3.21. The lowest BCUT2D eigenvalue weighted by Crippen LogP contribution is -2.07. The third-order valence-corrected chi connectivity index (χ3v) is 4.07. The molecule has 1 aromatic carbocycles. The lowest BCUT2D eigenvalue weighted by atomic mass is 10.2. The molecule has 0 fully saturated rings. The van der Waals surface area contributed by atoms with Crippen LogP contribution in [0.3, 0.4) is 0 Å². The molecule has 1 unspecified atom stereocenters. The number of halogens is 5. The van der Waals surface area contributed by atoms with Crippen molar-refractivity contribution in [1.29, 1.82) is 5.26 Å². The van der Waals surface area contributed by atoms with E-state index in [1.807, 2.05) is 0 Å². The topological polar surface area (TPSA) is 58.7 Å². The molecule has 1 aromatic heterocycles. The summed E-state index contributed by atoms with van der Waals surface area (Å²) in [7, 11) is -1.55. The van der Waals surface area contributed by atoms with Crippen molar-refractivity contribution in [3.05, 3.63) is 39.5 Å². The highest BCUT2D eigenvalue weighted by Crippen LogP contribution is 2.37. The molecule has 1 atom stereocenters. The summed E-state index contributed by atoms with van der Waals surface area (Å²) < 4.78 is 50.6. The number of hydrogen-bond donors (Lipinski definition) is 0. The summed E-state index contributed by atoms with van der Waals surface area (Å²) >= 11 is 11.7. The molecule has 10 heteroatoms. The number of alkyl halides is 3. The van der Waals surface area contributed by atoms with Gasteiger partial charge in [0.05, 0.1) is 26.4 Å². The van der Waals surface area contributed by atoms with E-state index in [-0.39, 0.29) is 26.3 Å². The zero-order valence-corrected chi connectivity index (χ0v) is 13.1. The summed E-state index contributed by atoms with van der Waals surface area (Å²) in [5, 5.41) is 12.3. The third kappa shape index (κ3) is 3.11. The molecule has 22 heavy (non-hydrogen) atoms. The SMILES string of the molecule is CS(=O)c1nn(-c2c(Cl)cc(C(F)(F)F)cc2Cl)cc1C#N. The summed E-state index contributed by atoms with van der Waals surface area (Å²) in [4.78, 5) is 0. The van der Waals surface area contributed by atoms with E-state index in [1.165, 1.54) is 12.5 Å². The average Bonchev–Trinajstić information content (AvgIpc) is 2.80. The molecule has 2 aromatic rings. The number of nitrogens with zero attached hydrogens (tertiary/aromatic N) is 3. The molecular formula is C12H6Cl2F3N3OS. The fraction of sp³-hybridized carbons (Fsp3) is 0.167. The van der Waals surface area contributed by atoms with Crippen molar-refractivity contribution in [3.63, 3.8) is 0 Å². The zero-order valence-electron chi connectivity index (χ0n) is 10.8. The van der Waals surface area contributed by atoms with Crippen LogP contribution in [0.5, 0.6) is 0 Å². The maximum absolute atomic E-state index is 12.7. The van der Waals surface area contributed by atoms with E-state index in [1.54, 1.807) is 6.07 Å². The first kappa shape index (κ1) is 16.8. The summed E-state index contributed by atoms with van der Waals surface area (Å²) in [5.41, 5.74) is -1.00. The van der Waals surface area contributed by atoms with Crippen LogP contribution in [0.15, 0.2) is 23.4 Å². The van der Waals surface area contributed by atoms with Gasteiger partial charge in [-0.1, -0.05) is 23.2 Å². The quantitative estimate of drug-likeness (QED) is 0.810. The standard InChI is InChI=1S/C12H6Cl2F3N3OS/c1-22(21)11-6(4-18)5-20(19-11)10-8(13)2-7(3-9(10)14)12(15,16)17/h2-3,5H,1H3. The predicted octanol–water partition coefficient (Wildman–Crippen LogP) is 3.81. The van der Waals surface area contributed by atoms with Crippen LogP contribution in [0.2, 0.25) is 10.0 Å². The molecule has 0 amide bonds. The Labute approximate surface area is 135 Å². The molecule has 0 aliphatic carbocycles. The Balaban J connectivity index is 2.64. The molecule has 4 nitrogen and oxygen atoms in total. The van der Waals surface area contributed by atoms with Gasteiger partial charge in [-0.25, -0.2) is 4.68 Å². The van der Waals surface area contributed by atoms with Gasteiger partial charge in [0, 0.05) is 12.5 Å². The van der Waals surface area contributed by atoms with E-state index in [0.717, 1.165) is 4.68 Å². The maximum atomic E-state index is 12.7. The minimum atomic E-state index is -4.59.